The Bertz CT molecular complexity index is 531. The van der Waals surface area contributed by atoms with Gasteiger partial charge in [-0.3, -0.25) is 4.79 Å². The number of hydrogen-bond donors (Lipinski definition) is 3. The molecule has 1 aliphatic carbocycles. The van der Waals surface area contributed by atoms with Crippen LogP contribution in [-0.2, 0) is 15.0 Å². The van der Waals surface area contributed by atoms with Gasteiger partial charge in [-0.1, -0.05) is 12.1 Å². The number of carbonyl (C=O) groups is 2. The fourth-order valence-electron chi connectivity index (χ4n) is 2.33. The van der Waals surface area contributed by atoms with E-state index in [1.807, 2.05) is 0 Å². The lowest BCUT2D eigenvalue weighted by atomic mass is 9.75. The van der Waals surface area contributed by atoms with Crippen molar-refractivity contribution in [3.05, 3.63) is 29.8 Å². The largest absolute Gasteiger partial charge is 0.480 e. The average Bonchev–Trinajstić information content (AvgIpc) is 2.33. The summed E-state index contributed by atoms with van der Waals surface area (Å²) in [5.41, 5.74) is 5.20. The Morgan fingerprint density at radius 2 is 1.80 bits per heavy atom. The standard InChI is InChI=1S/C15H20N2O3/c1-14(2,10-4-6-11(16)7-5-10)12(18)17-15(13(19)20)8-3-9-15/h4-7H,3,8-9,16H2,1-2H3,(H,17,18)(H,19,20). The number of rotatable bonds is 4. The second kappa shape index (κ2) is 4.81. The molecule has 5 nitrogen and oxygen atoms in total. The molecule has 0 saturated heterocycles. The molecule has 20 heavy (non-hydrogen) atoms. The molecule has 0 unspecified atom stereocenters. The summed E-state index contributed by atoms with van der Waals surface area (Å²) in [4.78, 5) is 23.8. The summed E-state index contributed by atoms with van der Waals surface area (Å²) in [6.07, 6.45) is 1.81. The lowest BCUT2D eigenvalue weighted by Crippen LogP contribution is -2.61. The van der Waals surface area contributed by atoms with E-state index < -0.39 is 16.9 Å². The van der Waals surface area contributed by atoms with Crippen molar-refractivity contribution in [1.82, 2.24) is 5.32 Å². The molecule has 1 aromatic carbocycles. The van der Waals surface area contributed by atoms with Crippen LogP contribution in [0.1, 0.15) is 38.7 Å². The monoisotopic (exact) mass is 276 g/mol. The molecule has 2 rings (SSSR count). The van der Waals surface area contributed by atoms with Crippen LogP contribution in [0, 0.1) is 0 Å². The van der Waals surface area contributed by atoms with E-state index in [0.717, 1.165) is 12.0 Å². The second-order valence-electron chi connectivity index (χ2n) is 5.94. The van der Waals surface area contributed by atoms with Crippen LogP contribution in [0.4, 0.5) is 5.69 Å². The third kappa shape index (κ3) is 2.35. The highest BCUT2D eigenvalue weighted by Crippen LogP contribution is 2.34. The predicted molar refractivity (Wildman–Crippen MR) is 76.2 cm³/mol. The van der Waals surface area contributed by atoms with Crippen LogP contribution in [0.2, 0.25) is 0 Å². The number of carboxylic acid groups (broad SMARTS) is 1. The molecule has 1 aromatic rings. The number of hydrogen-bond acceptors (Lipinski definition) is 3. The third-order valence-electron chi connectivity index (χ3n) is 4.17. The van der Waals surface area contributed by atoms with Gasteiger partial charge in [-0.05, 0) is 50.8 Å². The molecule has 0 spiro atoms. The minimum Gasteiger partial charge on any atom is -0.480 e. The summed E-state index contributed by atoms with van der Waals surface area (Å²) >= 11 is 0. The number of benzene rings is 1. The third-order valence-corrected chi connectivity index (χ3v) is 4.17. The highest BCUT2D eigenvalue weighted by Gasteiger charge is 2.47. The van der Waals surface area contributed by atoms with Crippen molar-refractivity contribution in [2.24, 2.45) is 0 Å². The van der Waals surface area contributed by atoms with Crippen molar-refractivity contribution >= 4 is 17.6 Å². The first-order valence-electron chi connectivity index (χ1n) is 6.70. The highest BCUT2D eigenvalue weighted by atomic mass is 16.4. The van der Waals surface area contributed by atoms with Crippen LogP contribution in [0.3, 0.4) is 0 Å². The maximum Gasteiger partial charge on any atom is 0.329 e. The SMILES string of the molecule is CC(C)(C(=O)NC1(C(=O)O)CCC1)c1ccc(N)cc1. The molecular formula is C15H20N2O3. The maximum atomic E-state index is 12.5. The summed E-state index contributed by atoms with van der Waals surface area (Å²) < 4.78 is 0. The molecule has 0 aliphatic heterocycles. The van der Waals surface area contributed by atoms with Crippen LogP contribution >= 0.6 is 0 Å². The van der Waals surface area contributed by atoms with Crippen molar-refractivity contribution in [2.45, 2.75) is 44.1 Å². The molecule has 1 saturated carbocycles. The second-order valence-corrected chi connectivity index (χ2v) is 5.94. The lowest BCUT2D eigenvalue weighted by molar-refractivity contribution is -0.152. The Balaban J connectivity index is 2.19. The zero-order valence-corrected chi connectivity index (χ0v) is 11.8. The molecule has 0 aromatic heterocycles. The van der Waals surface area contributed by atoms with Crippen LogP contribution in [0.5, 0.6) is 0 Å². The summed E-state index contributed by atoms with van der Waals surface area (Å²) in [7, 11) is 0. The topological polar surface area (TPSA) is 92.4 Å². The van der Waals surface area contributed by atoms with Crippen molar-refractivity contribution < 1.29 is 14.7 Å². The zero-order valence-electron chi connectivity index (χ0n) is 11.8. The van der Waals surface area contributed by atoms with Crippen LogP contribution < -0.4 is 11.1 Å². The minimum absolute atomic E-state index is 0.274. The molecule has 0 heterocycles. The fourth-order valence-corrected chi connectivity index (χ4v) is 2.33. The number of anilines is 1. The molecule has 1 amide bonds. The number of aliphatic carboxylic acids is 1. The number of carbonyl (C=O) groups excluding carboxylic acids is 1. The minimum atomic E-state index is -1.08. The van der Waals surface area contributed by atoms with Gasteiger partial charge in [-0.2, -0.15) is 0 Å². The summed E-state index contributed by atoms with van der Waals surface area (Å²) in [5, 5.41) is 12.0. The molecule has 1 aliphatic rings. The van der Waals surface area contributed by atoms with Gasteiger partial charge in [0.05, 0.1) is 5.41 Å². The van der Waals surface area contributed by atoms with E-state index in [0.29, 0.717) is 18.5 Å². The van der Waals surface area contributed by atoms with Gasteiger partial charge in [0.15, 0.2) is 0 Å². The molecule has 0 bridgehead atoms. The van der Waals surface area contributed by atoms with Gasteiger partial charge < -0.3 is 16.2 Å². The number of nitrogens with two attached hydrogens (primary N) is 1. The molecule has 108 valence electrons. The molecule has 0 atom stereocenters. The lowest BCUT2D eigenvalue weighted by Gasteiger charge is -2.40. The molecule has 4 N–H and O–H groups in total. The Hall–Kier alpha value is -2.04. The Labute approximate surface area is 118 Å². The number of nitrogens with one attached hydrogen (secondary N) is 1. The van der Waals surface area contributed by atoms with Crippen LogP contribution in [0.25, 0.3) is 0 Å². The zero-order chi connectivity index (χ0) is 15.0. The van der Waals surface area contributed by atoms with Gasteiger partial charge in [-0.25, -0.2) is 4.79 Å². The maximum absolute atomic E-state index is 12.5. The van der Waals surface area contributed by atoms with Crippen molar-refractivity contribution in [3.8, 4) is 0 Å². The smallest absolute Gasteiger partial charge is 0.329 e. The van der Waals surface area contributed by atoms with Crippen molar-refractivity contribution in [1.29, 1.82) is 0 Å². The normalized spacial score (nSPS) is 17.1. The average molecular weight is 276 g/mol. The highest BCUT2D eigenvalue weighted by molar-refractivity contribution is 5.93. The first-order chi connectivity index (χ1) is 9.28. The number of nitrogen functional groups attached to an aromatic ring is 1. The van der Waals surface area contributed by atoms with Crippen LogP contribution in [-0.4, -0.2) is 22.5 Å². The van der Waals surface area contributed by atoms with Gasteiger partial charge in [0.1, 0.15) is 5.54 Å². The quantitative estimate of drug-likeness (QED) is 0.729. The van der Waals surface area contributed by atoms with Gasteiger partial charge in [0.2, 0.25) is 5.91 Å². The summed E-state index contributed by atoms with van der Waals surface area (Å²) in [6.45, 7) is 3.56. The summed E-state index contributed by atoms with van der Waals surface area (Å²) in [6, 6.07) is 7.06. The Morgan fingerprint density at radius 3 is 2.20 bits per heavy atom. The van der Waals surface area contributed by atoms with E-state index in [1.54, 1.807) is 38.1 Å². The Morgan fingerprint density at radius 1 is 1.25 bits per heavy atom. The van der Waals surface area contributed by atoms with E-state index in [-0.39, 0.29) is 5.91 Å². The molecule has 5 heteroatoms. The van der Waals surface area contributed by atoms with Crippen molar-refractivity contribution in [3.63, 3.8) is 0 Å². The number of amides is 1. The first kappa shape index (κ1) is 14.4. The van der Waals surface area contributed by atoms with Crippen molar-refractivity contribution in [2.75, 3.05) is 5.73 Å². The van der Waals surface area contributed by atoms with Gasteiger partial charge in [0.25, 0.3) is 0 Å². The van der Waals surface area contributed by atoms with Gasteiger partial charge in [0, 0.05) is 5.69 Å². The molecule has 1 fully saturated rings. The van der Waals surface area contributed by atoms with E-state index >= 15 is 0 Å². The first-order valence-corrected chi connectivity index (χ1v) is 6.70. The van der Waals surface area contributed by atoms with E-state index in [9.17, 15) is 14.7 Å². The number of carboxylic acids is 1. The molecular weight excluding hydrogens is 256 g/mol. The van der Waals surface area contributed by atoms with Gasteiger partial charge >= 0.3 is 5.97 Å². The molecule has 0 radical (unpaired) electrons. The van der Waals surface area contributed by atoms with E-state index in [4.69, 9.17) is 5.73 Å². The van der Waals surface area contributed by atoms with Gasteiger partial charge in [-0.15, -0.1) is 0 Å². The fraction of sp³-hybridized carbons (Fsp3) is 0.467. The van der Waals surface area contributed by atoms with Crippen LogP contribution in [0.15, 0.2) is 24.3 Å². The summed E-state index contributed by atoms with van der Waals surface area (Å²) in [5.74, 6) is -1.23. The Kier molecular flexibility index (Phi) is 3.46. The van der Waals surface area contributed by atoms with E-state index in [1.165, 1.54) is 0 Å². The van der Waals surface area contributed by atoms with E-state index in [2.05, 4.69) is 5.32 Å². The predicted octanol–water partition coefficient (Wildman–Crippen LogP) is 1.67.